The van der Waals surface area contributed by atoms with Crippen LogP contribution in [0.15, 0.2) is 43.1 Å². The minimum Gasteiger partial charge on any atom is -0.345 e. The second kappa shape index (κ2) is 5.15. The molecule has 0 saturated carbocycles. The van der Waals surface area contributed by atoms with Crippen molar-refractivity contribution in [1.82, 2.24) is 25.3 Å². The number of amides is 1. The number of nitrogens with zero attached hydrogens (tertiary/aromatic N) is 4. The lowest BCUT2D eigenvalue weighted by Gasteiger charge is -2.25. The Morgan fingerprint density at radius 1 is 1.05 bits per heavy atom. The highest BCUT2D eigenvalue weighted by atomic mass is 32.1. The number of nitrogens with one attached hydrogen (secondary N) is 2. The lowest BCUT2D eigenvalue weighted by molar-refractivity contribution is 0.0935. The van der Waals surface area contributed by atoms with Crippen molar-refractivity contribution in [1.29, 1.82) is 0 Å². The number of aromatic nitrogens is 4. The highest BCUT2D eigenvalue weighted by Crippen LogP contribution is 2.30. The van der Waals surface area contributed by atoms with Gasteiger partial charge in [0.15, 0.2) is 0 Å². The van der Waals surface area contributed by atoms with Crippen molar-refractivity contribution >= 4 is 23.1 Å². The largest absolute Gasteiger partial charge is 0.345 e. The van der Waals surface area contributed by atoms with Crippen molar-refractivity contribution < 1.29 is 4.79 Å². The summed E-state index contributed by atoms with van der Waals surface area (Å²) in [5, 5.41) is 6.85. The van der Waals surface area contributed by atoms with Gasteiger partial charge >= 0.3 is 0 Å². The summed E-state index contributed by atoms with van der Waals surface area (Å²) in [6, 6.07) is 3.47. The van der Waals surface area contributed by atoms with E-state index in [1.54, 1.807) is 43.1 Å². The zero-order chi connectivity index (χ0) is 14.9. The third kappa shape index (κ3) is 2.19. The summed E-state index contributed by atoms with van der Waals surface area (Å²) in [7, 11) is 0. The first-order chi connectivity index (χ1) is 10.8. The molecule has 0 saturated heterocycles. The molecule has 0 bridgehead atoms. The van der Waals surface area contributed by atoms with Gasteiger partial charge in [0.1, 0.15) is 22.7 Å². The number of carbonyl (C=O) groups excluding carboxylic acids is 1. The van der Waals surface area contributed by atoms with E-state index >= 15 is 0 Å². The number of hydrogen-bond acceptors (Lipinski definition) is 7. The van der Waals surface area contributed by atoms with E-state index in [1.807, 2.05) is 0 Å². The van der Waals surface area contributed by atoms with E-state index in [0.29, 0.717) is 17.1 Å². The first-order valence-electron chi connectivity index (χ1n) is 6.56. The van der Waals surface area contributed by atoms with Crippen molar-refractivity contribution in [2.75, 3.05) is 5.32 Å². The minimum absolute atomic E-state index is 0.152. The van der Waals surface area contributed by atoms with Gasteiger partial charge in [-0.05, 0) is 12.1 Å². The van der Waals surface area contributed by atoms with Crippen molar-refractivity contribution in [3.63, 3.8) is 0 Å². The Labute approximate surface area is 129 Å². The van der Waals surface area contributed by atoms with Crippen LogP contribution >= 0.6 is 11.3 Å². The van der Waals surface area contributed by atoms with E-state index in [4.69, 9.17) is 0 Å². The van der Waals surface area contributed by atoms with Crippen LogP contribution in [0.1, 0.15) is 21.4 Å². The Kier molecular flexibility index (Phi) is 3.01. The molecule has 2 N–H and O–H groups in total. The molecule has 4 heterocycles. The average Bonchev–Trinajstić information content (AvgIpc) is 3.06. The number of hydrogen-bond donors (Lipinski definition) is 2. The predicted molar refractivity (Wildman–Crippen MR) is 81.2 cm³/mol. The van der Waals surface area contributed by atoms with Crippen LogP contribution in [0.3, 0.4) is 0 Å². The fourth-order valence-electron chi connectivity index (χ4n) is 2.18. The molecule has 3 aromatic heterocycles. The van der Waals surface area contributed by atoms with Crippen molar-refractivity contribution in [2.45, 2.75) is 6.17 Å². The predicted octanol–water partition coefficient (Wildman–Crippen LogP) is 1.85. The SMILES string of the molecule is O=C1NC(c2cnc(-c3cnccn3)s2)Nc2ncccc21. The highest BCUT2D eigenvalue weighted by molar-refractivity contribution is 7.15. The van der Waals surface area contributed by atoms with Gasteiger partial charge in [0.2, 0.25) is 0 Å². The van der Waals surface area contributed by atoms with Crippen LogP contribution < -0.4 is 10.6 Å². The standard InChI is InChI=1S/C14H10N6OS/c21-13-8-2-1-3-17-11(8)19-12(20-13)10-7-18-14(22-10)9-6-15-4-5-16-9/h1-7,12H,(H,17,19)(H,20,21). The van der Waals surface area contributed by atoms with Crippen LogP contribution in [0, 0.1) is 0 Å². The summed E-state index contributed by atoms with van der Waals surface area (Å²) >= 11 is 1.45. The number of thiazole rings is 1. The monoisotopic (exact) mass is 310 g/mol. The molecule has 1 aliphatic heterocycles. The number of rotatable bonds is 2. The maximum Gasteiger partial charge on any atom is 0.256 e. The zero-order valence-corrected chi connectivity index (χ0v) is 12.0. The maximum absolute atomic E-state index is 12.1. The normalized spacial score (nSPS) is 16.5. The number of carbonyl (C=O) groups is 1. The van der Waals surface area contributed by atoms with Gasteiger partial charge in [0.25, 0.3) is 5.91 Å². The smallest absolute Gasteiger partial charge is 0.256 e. The maximum atomic E-state index is 12.1. The van der Waals surface area contributed by atoms with Crippen LogP contribution in [0.5, 0.6) is 0 Å². The van der Waals surface area contributed by atoms with Crippen LogP contribution in [0.4, 0.5) is 5.82 Å². The Morgan fingerprint density at radius 3 is 2.86 bits per heavy atom. The molecule has 1 unspecified atom stereocenters. The topological polar surface area (TPSA) is 92.7 Å². The quantitative estimate of drug-likeness (QED) is 0.750. The summed E-state index contributed by atoms with van der Waals surface area (Å²) in [5.41, 5.74) is 1.25. The molecule has 1 atom stereocenters. The number of pyridine rings is 1. The van der Waals surface area contributed by atoms with Crippen LogP contribution in [0.2, 0.25) is 0 Å². The Balaban J connectivity index is 1.64. The van der Waals surface area contributed by atoms with Gasteiger partial charge in [-0.2, -0.15) is 0 Å². The number of anilines is 1. The van der Waals surface area contributed by atoms with Crippen LogP contribution in [-0.2, 0) is 0 Å². The fourth-order valence-corrected chi connectivity index (χ4v) is 3.06. The lowest BCUT2D eigenvalue weighted by atomic mass is 10.2. The molecule has 1 aliphatic rings. The summed E-state index contributed by atoms with van der Waals surface area (Å²) in [6.07, 6.45) is 7.92. The summed E-state index contributed by atoms with van der Waals surface area (Å²) in [6.45, 7) is 0. The average molecular weight is 310 g/mol. The molecule has 7 nitrogen and oxygen atoms in total. The second-order valence-electron chi connectivity index (χ2n) is 4.61. The Morgan fingerprint density at radius 2 is 2.00 bits per heavy atom. The van der Waals surface area contributed by atoms with Crippen molar-refractivity contribution in [3.05, 3.63) is 53.6 Å². The third-order valence-electron chi connectivity index (χ3n) is 3.20. The van der Waals surface area contributed by atoms with Gasteiger partial charge in [-0.1, -0.05) is 0 Å². The molecular weight excluding hydrogens is 300 g/mol. The van der Waals surface area contributed by atoms with E-state index in [-0.39, 0.29) is 12.1 Å². The van der Waals surface area contributed by atoms with E-state index < -0.39 is 0 Å². The molecule has 0 radical (unpaired) electrons. The van der Waals surface area contributed by atoms with E-state index in [0.717, 1.165) is 9.88 Å². The molecule has 8 heteroatoms. The van der Waals surface area contributed by atoms with Gasteiger partial charge in [-0.3, -0.25) is 14.8 Å². The van der Waals surface area contributed by atoms with Gasteiger partial charge in [-0.25, -0.2) is 9.97 Å². The Hall–Kier alpha value is -2.87. The first-order valence-corrected chi connectivity index (χ1v) is 7.37. The lowest BCUT2D eigenvalue weighted by Crippen LogP contribution is -2.38. The molecule has 4 rings (SSSR count). The van der Waals surface area contributed by atoms with Crippen molar-refractivity contribution in [2.24, 2.45) is 0 Å². The van der Waals surface area contributed by atoms with Crippen LogP contribution in [-0.4, -0.2) is 25.8 Å². The number of fused-ring (bicyclic) bond motifs is 1. The summed E-state index contributed by atoms with van der Waals surface area (Å²) in [5.74, 6) is 0.423. The molecule has 0 spiro atoms. The zero-order valence-electron chi connectivity index (χ0n) is 11.2. The second-order valence-corrected chi connectivity index (χ2v) is 5.67. The summed E-state index contributed by atoms with van der Waals surface area (Å²) < 4.78 is 0. The van der Waals surface area contributed by atoms with E-state index in [9.17, 15) is 4.79 Å². The molecule has 3 aromatic rings. The van der Waals surface area contributed by atoms with Crippen molar-refractivity contribution in [3.8, 4) is 10.7 Å². The molecule has 0 aromatic carbocycles. The molecule has 0 fully saturated rings. The first kappa shape index (κ1) is 12.8. The van der Waals surface area contributed by atoms with E-state index in [2.05, 4.69) is 30.6 Å². The molecule has 22 heavy (non-hydrogen) atoms. The van der Waals surface area contributed by atoms with E-state index in [1.165, 1.54) is 11.3 Å². The molecule has 0 aliphatic carbocycles. The summed E-state index contributed by atoms with van der Waals surface area (Å²) in [4.78, 5) is 29.8. The van der Waals surface area contributed by atoms with Gasteiger partial charge in [0.05, 0.1) is 16.6 Å². The highest BCUT2D eigenvalue weighted by Gasteiger charge is 2.26. The fraction of sp³-hybridized carbons (Fsp3) is 0.0714. The molecule has 1 amide bonds. The molecule has 108 valence electrons. The van der Waals surface area contributed by atoms with Gasteiger partial charge < -0.3 is 10.6 Å². The minimum atomic E-state index is -0.349. The van der Waals surface area contributed by atoms with Gasteiger partial charge in [0, 0.05) is 24.8 Å². The molecular formula is C14H10N6OS. The Bertz CT molecular complexity index is 834. The van der Waals surface area contributed by atoms with Crippen LogP contribution in [0.25, 0.3) is 10.7 Å². The van der Waals surface area contributed by atoms with Gasteiger partial charge in [-0.15, -0.1) is 11.3 Å². The third-order valence-corrected chi connectivity index (χ3v) is 4.28.